The zero-order chi connectivity index (χ0) is 19.6. The average Bonchev–Trinajstić information content (AvgIpc) is 2.93. The van der Waals surface area contributed by atoms with Crippen LogP contribution >= 0.6 is 11.8 Å². The first-order valence-electron chi connectivity index (χ1n) is 8.59. The highest BCUT2D eigenvalue weighted by Gasteiger charge is 2.32. The Hall–Kier alpha value is -2.86. The molecule has 27 heavy (non-hydrogen) atoms. The van der Waals surface area contributed by atoms with Crippen LogP contribution in [-0.4, -0.2) is 33.6 Å². The van der Waals surface area contributed by atoms with E-state index < -0.39 is 5.97 Å². The SMILES string of the molecule is CCN1C(=O)C(=Cc2ccc(C(=O)O)cc2)SC1=Nc1cc(C)ccc1C. The van der Waals surface area contributed by atoms with E-state index in [0.29, 0.717) is 16.6 Å². The van der Waals surface area contributed by atoms with E-state index in [1.54, 1.807) is 23.1 Å². The standard InChI is InChI=1S/C21H20N2O3S/c1-4-23-19(24)18(12-15-7-9-16(10-8-15)20(25)26)27-21(23)22-17-11-13(2)5-6-14(17)3/h5-12H,4H2,1-3H3,(H,25,26). The number of benzene rings is 2. The molecule has 2 aromatic rings. The molecule has 1 N–H and O–H groups in total. The molecule has 1 heterocycles. The average molecular weight is 380 g/mol. The molecule has 2 aromatic carbocycles. The van der Waals surface area contributed by atoms with Crippen molar-refractivity contribution in [3.63, 3.8) is 0 Å². The topological polar surface area (TPSA) is 70.0 Å². The van der Waals surface area contributed by atoms with Gasteiger partial charge in [-0.05, 0) is 73.5 Å². The summed E-state index contributed by atoms with van der Waals surface area (Å²) in [6.07, 6.45) is 1.77. The molecule has 0 atom stereocenters. The van der Waals surface area contributed by atoms with Crippen LogP contribution in [0.2, 0.25) is 0 Å². The van der Waals surface area contributed by atoms with E-state index in [-0.39, 0.29) is 11.5 Å². The number of rotatable bonds is 4. The lowest BCUT2D eigenvalue weighted by Crippen LogP contribution is -2.28. The molecule has 1 fully saturated rings. The number of carboxylic acids is 1. The van der Waals surface area contributed by atoms with Crippen LogP contribution < -0.4 is 0 Å². The molecule has 0 unspecified atom stereocenters. The van der Waals surface area contributed by atoms with E-state index in [0.717, 1.165) is 22.4 Å². The summed E-state index contributed by atoms with van der Waals surface area (Å²) in [6, 6.07) is 12.5. The number of thioether (sulfide) groups is 1. The van der Waals surface area contributed by atoms with Crippen molar-refractivity contribution in [3.8, 4) is 0 Å². The maximum Gasteiger partial charge on any atom is 0.335 e. The van der Waals surface area contributed by atoms with Crippen LogP contribution in [-0.2, 0) is 4.79 Å². The van der Waals surface area contributed by atoms with Gasteiger partial charge in [0.25, 0.3) is 5.91 Å². The Morgan fingerprint density at radius 3 is 2.52 bits per heavy atom. The van der Waals surface area contributed by atoms with Crippen LogP contribution in [0.3, 0.4) is 0 Å². The van der Waals surface area contributed by atoms with Gasteiger partial charge in [-0.3, -0.25) is 9.69 Å². The molecule has 1 aliphatic heterocycles. The Labute approximate surface area is 162 Å². The van der Waals surface area contributed by atoms with Gasteiger partial charge in [-0.1, -0.05) is 24.3 Å². The third-order valence-electron chi connectivity index (χ3n) is 4.24. The number of hydrogen-bond donors (Lipinski definition) is 1. The Morgan fingerprint density at radius 2 is 1.89 bits per heavy atom. The molecule has 0 radical (unpaired) electrons. The number of carboxylic acid groups (broad SMARTS) is 1. The largest absolute Gasteiger partial charge is 0.478 e. The van der Waals surface area contributed by atoms with E-state index in [4.69, 9.17) is 10.1 Å². The van der Waals surface area contributed by atoms with Crippen LogP contribution in [0.5, 0.6) is 0 Å². The fourth-order valence-electron chi connectivity index (χ4n) is 2.69. The zero-order valence-electron chi connectivity index (χ0n) is 15.4. The van der Waals surface area contributed by atoms with Gasteiger partial charge in [0.1, 0.15) is 0 Å². The quantitative estimate of drug-likeness (QED) is 0.786. The molecule has 0 bridgehead atoms. The summed E-state index contributed by atoms with van der Waals surface area (Å²) in [5.41, 5.74) is 4.02. The second-order valence-corrected chi connectivity index (χ2v) is 7.28. The first-order valence-corrected chi connectivity index (χ1v) is 9.41. The number of nitrogens with zero attached hydrogens (tertiary/aromatic N) is 2. The highest BCUT2D eigenvalue weighted by Crippen LogP contribution is 2.34. The first kappa shape index (κ1) is 18.9. The molecule has 3 rings (SSSR count). The molecule has 1 amide bonds. The number of amidine groups is 1. The highest BCUT2D eigenvalue weighted by molar-refractivity contribution is 8.18. The summed E-state index contributed by atoms with van der Waals surface area (Å²) in [5, 5.41) is 9.65. The predicted molar refractivity (Wildman–Crippen MR) is 109 cm³/mol. The summed E-state index contributed by atoms with van der Waals surface area (Å²) >= 11 is 1.34. The molecule has 1 aliphatic rings. The Kier molecular flexibility index (Phi) is 5.46. The number of likely N-dealkylation sites (N-methyl/N-ethyl adjacent to an activating group) is 1. The monoisotopic (exact) mass is 380 g/mol. The molecule has 0 saturated carbocycles. The van der Waals surface area contributed by atoms with E-state index in [2.05, 4.69) is 0 Å². The van der Waals surface area contributed by atoms with Crippen molar-refractivity contribution < 1.29 is 14.7 Å². The highest BCUT2D eigenvalue weighted by atomic mass is 32.2. The number of aromatic carboxylic acids is 1. The van der Waals surface area contributed by atoms with Gasteiger partial charge in [0.2, 0.25) is 0 Å². The minimum atomic E-state index is -0.972. The predicted octanol–water partition coefficient (Wildman–Crippen LogP) is 4.63. The summed E-state index contributed by atoms with van der Waals surface area (Å²) in [7, 11) is 0. The first-order chi connectivity index (χ1) is 12.9. The molecular weight excluding hydrogens is 360 g/mol. The van der Waals surface area contributed by atoms with Gasteiger partial charge in [-0.15, -0.1) is 0 Å². The van der Waals surface area contributed by atoms with E-state index in [1.807, 2.05) is 39.0 Å². The molecule has 5 nitrogen and oxygen atoms in total. The van der Waals surface area contributed by atoms with E-state index in [9.17, 15) is 9.59 Å². The van der Waals surface area contributed by atoms with Crippen molar-refractivity contribution in [2.45, 2.75) is 20.8 Å². The molecule has 6 heteroatoms. The van der Waals surface area contributed by atoms with Crippen LogP contribution in [0.4, 0.5) is 5.69 Å². The van der Waals surface area contributed by atoms with Crippen molar-refractivity contribution in [1.82, 2.24) is 4.90 Å². The van der Waals surface area contributed by atoms with Gasteiger partial charge >= 0.3 is 5.97 Å². The molecular formula is C21H20N2O3S. The van der Waals surface area contributed by atoms with Crippen molar-refractivity contribution in [3.05, 3.63) is 69.6 Å². The maximum absolute atomic E-state index is 12.7. The van der Waals surface area contributed by atoms with Crippen LogP contribution in [0, 0.1) is 13.8 Å². The summed E-state index contributed by atoms with van der Waals surface area (Å²) in [6.45, 7) is 6.46. The minimum Gasteiger partial charge on any atom is -0.478 e. The van der Waals surface area contributed by atoms with Crippen molar-refractivity contribution in [1.29, 1.82) is 0 Å². The smallest absolute Gasteiger partial charge is 0.335 e. The fraction of sp³-hybridized carbons (Fsp3) is 0.190. The van der Waals surface area contributed by atoms with Gasteiger partial charge in [-0.25, -0.2) is 9.79 Å². The third-order valence-corrected chi connectivity index (χ3v) is 5.25. The lowest BCUT2D eigenvalue weighted by Gasteiger charge is -2.12. The van der Waals surface area contributed by atoms with Gasteiger partial charge in [0.05, 0.1) is 16.2 Å². The normalized spacial score (nSPS) is 17.1. The van der Waals surface area contributed by atoms with E-state index >= 15 is 0 Å². The third kappa shape index (κ3) is 4.11. The molecule has 138 valence electrons. The number of carbonyl (C=O) groups is 2. The van der Waals surface area contributed by atoms with Crippen molar-refractivity contribution >= 4 is 40.6 Å². The number of hydrogen-bond acceptors (Lipinski definition) is 4. The lowest BCUT2D eigenvalue weighted by atomic mass is 10.1. The van der Waals surface area contributed by atoms with Gasteiger partial charge in [0, 0.05) is 6.54 Å². The number of amides is 1. The summed E-state index contributed by atoms with van der Waals surface area (Å²) in [4.78, 5) is 30.6. The Morgan fingerprint density at radius 1 is 1.19 bits per heavy atom. The zero-order valence-corrected chi connectivity index (χ0v) is 16.2. The number of aryl methyl sites for hydroxylation is 2. The second kappa shape index (κ2) is 7.80. The van der Waals surface area contributed by atoms with E-state index in [1.165, 1.54) is 23.9 Å². The molecule has 1 saturated heterocycles. The summed E-state index contributed by atoms with van der Waals surface area (Å²) in [5.74, 6) is -1.06. The van der Waals surface area contributed by atoms with Crippen LogP contribution in [0.1, 0.15) is 34.0 Å². The lowest BCUT2D eigenvalue weighted by molar-refractivity contribution is -0.122. The fourth-order valence-corrected chi connectivity index (χ4v) is 3.74. The van der Waals surface area contributed by atoms with Crippen molar-refractivity contribution in [2.24, 2.45) is 4.99 Å². The molecule has 0 spiro atoms. The number of aliphatic imine (C=N–C) groups is 1. The van der Waals surface area contributed by atoms with Gasteiger partial charge < -0.3 is 5.11 Å². The molecule has 0 aliphatic carbocycles. The van der Waals surface area contributed by atoms with Crippen molar-refractivity contribution in [2.75, 3.05) is 6.54 Å². The minimum absolute atomic E-state index is 0.0890. The Balaban J connectivity index is 1.93. The second-order valence-electron chi connectivity index (χ2n) is 6.27. The van der Waals surface area contributed by atoms with Gasteiger partial charge in [0.15, 0.2) is 5.17 Å². The van der Waals surface area contributed by atoms with Crippen LogP contribution in [0.15, 0.2) is 52.4 Å². The molecule has 0 aromatic heterocycles. The maximum atomic E-state index is 12.7. The summed E-state index contributed by atoms with van der Waals surface area (Å²) < 4.78 is 0. The van der Waals surface area contributed by atoms with Crippen LogP contribution in [0.25, 0.3) is 6.08 Å². The number of carbonyl (C=O) groups excluding carboxylic acids is 1. The Bertz CT molecular complexity index is 962. The van der Waals surface area contributed by atoms with Gasteiger partial charge in [-0.2, -0.15) is 0 Å².